The first-order valence-electron chi connectivity index (χ1n) is 11.6. The Bertz CT molecular complexity index is 1180. The number of hydrogen-bond acceptors (Lipinski definition) is 3. The molecule has 3 rings (SSSR count). The lowest BCUT2D eigenvalue weighted by atomic mass is 10.0. The molecule has 190 valence electrons. The molecule has 0 bridgehead atoms. The van der Waals surface area contributed by atoms with Crippen molar-refractivity contribution in [3.05, 3.63) is 97.9 Å². The van der Waals surface area contributed by atoms with Gasteiger partial charge in [-0.2, -0.15) is 0 Å². The normalized spacial score (nSPS) is 11.8. The van der Waals surface area contributed by atoms with E-state index in [1.165, 1.54) is 4.90 Å². The number of rotatable bonds is 10. The monoisotopic (exact) mass is 590 g/mol. The lowest BCUT2D eigenvalue weighted by Crippen LogP contribution is -2.52. The summed E-state index contributed by atoms with van der Waals surface area (Å²) in [6, 6.07) is 19.4. The van der Waals surface area contributed by atoms with E-state index in [9.17, 15) is 9.59 Å². The molecule has 0 saturated heterocycles. The Balaban J connectivity index is 1.96. The highest BCUT2D eigenvalue weighted by molar-refractivity contribution is 9.10. The van der Waals surface area contributed by atoms with Crippen LogP contribution in [0.1, 0.15) is 30.5 Å². The fourth-order valence-corrected chi connectivity index (χ4v) is 4.49. The standard InChI is InChI=1S/C28H29BrCl2N2O3/c1-18(2)32-28(35)26(15-20-8-5-4-6-9-20)33(16-22-24(30)10-7-11-25(22)31)27(34)17-36-21-12-13-23(29)19(3)14-21/h4-14,18,26H,15-17H2,1-3H3,(H,32,35)/t26-/m0/s1. The van der Waals surface area contributed by atoms with Crippen molar-refractivity contribution in [1.82, 2.24) is 10.2 Å². The van der Waals surface area contributed by atoms with Gasteiger partial charge in [-0.25, -0.2) is 0 Å². The number of carbonyl (C=O) groups is 2. The van der Waals surface area contributed by atoms with Crippen molar-refractivity contribution in [2.45, 2.75) is 45.8 Å². The number of ether oxygens (including phenoxy) is 1. The van der Waals surface area contributed by atoms with Gasteiger partial charge in [-0.3, -0.25) is 9.59 Å². The highest BCUT2D eigenvalue weighted by Gasteiger charge is 2.32. The average Bonchev–Trinajstić information content (AvgIpc) is 2.83. The number of hydrogen-bond donors (Lipinski definition) is 1. The van der Waals surface area contributed by atoms with Crippen molar-refractivity contribution in [2.24, 2.45) is 0 Å². The number of amides is 2. The van der Waals surface area contributed by atoms with Crippen molar-refractivity contribution in [3.8, 4) is 5.75 Å². The number of halogens is 3. The molecule has 0 fully saturated rings. The second-order valence-corrected chi connectivity index (χ2v) is 10.5. The zero-order valence-corrected chi connectivity index (χ0v) is 23.5. The fourth-order valence-electron chi connectivity index (χ4n) is 3.72. The number of benzene rings is 3. The van der Waals surface area contributed by atoms with Gasteiger partial charge < -0.3 is 15.0 Å². The van der Waals surface area contributed by atoms with E-state index >= 15 is 0 Å². The van der Waals surface area contributed by atoms with Gasteiger partial charge >= 0.3 is 0 Å². The Labute approximate surface area is 230 Å². The van der Waals surface area contributed by atoms with E-state index < -0.39 is 6.04 Å². The lowest BCUT2D eigenvalue weighted by Gasteiger charge is -2.32. The van der Waals surface area contributed by atoms with E-state index in [1.807, 2.05) is 63.2 Å². The maximum Gasteiger partial charge on any atom is 0.261 e. The molecule has 5 nitrogen and oxygen atoms in total. The van der Waals surface area contributed by atoms with Crippen LogP contribution in [0, 0.1) is 6.92 Å². The van der Waals surface area contributed by atoms with E-state index in [-0.39, 0.29) is 31.0 Å². The minimum absolute atomic E-state index is 0.0586. The lowest BCUT2D eigenvalue weighted by molar-refractivity contribution is -0.143. The maximum atomic E-state index is 13.6. The molecule has 0 heterocycles. The highest BCUT2D eigenvalue weighted by Crippen LogP contribution is 2.28. The van der Waals surface area contributed by atoms with Gasteiger partial charge in [0.05, 0.1) is 0 Å². The first kappa shape index (κ1) is 28.0. The van der Waals surface area contributed by atoms with E-state index in [4.69, 9.17) is 27.9 Å². The molecule has 0 aromatic heterocycles. The number of nitrogens with zero attached hydrogens (tertiary/aromatic N) is 1. The Morgan fingerprint density at radius 3 is 2.28 bits per heavy atom. The van der Waals surface area contributed by atoms with Crippen LogP contribution in [0.3, 0.4) is 0 Å². The quantitative estimate of drug-likeness (QED) is 0.289. The molecule has 36 heavy (non-hydrogen) atoms. The molecule has 3 aromatic carbocycles. The highest BCUT2D eigenvalue weighted by atomic mass is 79.9. The average molecular weight is 592 g/mol. The molecule has 0 aliphatic rings. The van der Waals surface area contributed by atoms with Gasteiger partial charge in [0.1, 0.15) is 11.8 Å². The second-order valence-electron chi connectivity index (χ2n) is 8.79. The Morgan fingerprint density at radius 2 is 1.67 bits per heavy atom. The summed E-state index contributed by atoms with van der Waals surface area (Å²) in [4.78, 5) is 28.5. The molecule has 0 aliphatic heterocycles. The van der Waals surface area contributed by atoms with Crippen LogP contribution in [-0.2, 0) is 22.6 Å². The van der Waals surface area contributed by atoms with Gasteiger partial charge in [-0.15, -0.1) is 0 Å². The molecule has 8 heteroatoms. The van der Waals surface area contributed by atoms with Gasteiger partial charge in [0.2, 0.25) is 5.91 Å². The predicted octanol–water partition coefficient (Wildman–Crippen LogP) is 6.61. The molecule has 2 amide bonds. The topological polar surface area (TPSA) is 58.6 Å². The summed E-state index contributed by atoms with van der Waals surface area (Å²) in [7, 11) is 0. The fraction of sp³-hybridized carbons (Fsp3) is 0.286. The van der Waals surface area contributed by atoms with Gasteiger partial charge in [0, 0.05) is 39.1 Å². The third-order valence-corrected chi connectivity index (χ3v) is 7.18. The molecule has 0 spiro atoms. The molecule has 0 saturated carbocycles. The summed E-state index contributed by atoms with van der Waals surface area (Å²) in [5.74, 6) is -0.0534. The van der Waals surface area contributed by atoms with Crippen LogP contribution < -0.4 is 10.1 Å². The van der Waals surface area contributed by atoms with Crippen LogP contribution in [-0.4, -0.2) is 35.4 Å². The van der Waals surface area contributed by atoms with Crippen LogP contribution in [0.4, 0.5) is 0 Å². The van der Waals surface area contributed by atoms with Gasteiger partial charge in [-0.05, 0) is 62.2 Å². The van der Waals surface area contributed by atoms with Gasteiger partial charge in [0.25, 0.3) is 5.91 Å². The van der Waals surface area contributed by atoms with E-state index in [2.05, 4.69) is 21.2 Å². The van der Waals surface area contributed by atoms with Crippen LogP contribution in [0.25, 0.3) is 0 Å². The molecule has 0 radical (unpaired) electrons. The van der Waals surface area contributed by atoms with Crippen molar-refractivity contribution < 1.29 is 14.3 Å². The smallest absolute Gasteiger partial charge is 0.261 e. The maximum absolute atomic E-state index is 13.6. The minimum atomic E-state index is -0.801. The number of nitrogens with one attached hydrogen (secondary N) is 1. The third kappa shape index (κ3) is 7.73. The predicted molar refractivity (Wildman–Crippen MR) is 149 cm³/mol. The molecule has 1 atom stereocenters. The summed E-state index contributed by atoms with van der Waals surface area (Å²) in [5.41, 5.74) is 2.48. The molecule has 0 aliphatic carbocycles. The molecular formula is C28H29BrCl2N2O3. The first-order valence-corrected chi connectivity index (χ1v) is 13.2. The summed E-state index contributed by atoms with van der Waals surface area (Å²) in [5, 5.41) is 3.80. The van der Waals surface area contributed by atoms with Crippen molar-refractivity contribution >= 4 is 50.9 Å². The Morgan fingerprint density at radius 1 is 1.00 bits per heavy atom. The first-order chi connectivity index (χ1) is 17.2. The van der Waals surface area contributed by atoms with E-state index in [1.54, 1.807) is 24.3 Å². The molecular weight excluding hydrogens is 563 g/mol. The second kappa shape index (κ2) is 13.1. The summed E-state index contributed by atoms with van der Waals surface area (Å²) in [6.07, 6.45) is 0.324. The zero-order chi connectivity index (χ0) is 26.2. The van der Waals surface area contributed by atoms with Crippen molar-refractivity contribution in [2.75, 3.05) is 6.61 Å². The SMILES string of the molecule is Cc1cc(OCC(=O)N(Cc2c(Cl)cccc2Cl)[C@@H](Cc2ccccc2)C(=O)NC(C)C)ccc1Br. The molecule has 1 N–H and O–H groups in total. The van der Waals surface area contributed by atoms with Crippen LogP contribution in [0.5, 0.6) is 5.75 Å². The summed E-state index contributed by atoms with van der Waals surface area (Å²) in [6.45, 7) is 5.52. The number of aryl methyl sites for hydroxylation is 1. The van der Waals surface area contributed by atoms with Gasteiger partial charge in [0.15, 0.2) is 6.61 Å². The number of carbonyl (C=O) groups excluding carboxylic acids is 2. The third-order valence-electron chi connectivity index (χ3n) is 5.58. The van der Waals surface area contributed by atoms with E-state index in [0.717, 1.165) is 15.6 Å². The van der Waals surface area contributed by atoms with E-state index in [0.29, 0.717) is 27.8 Å². The van der Waals surface area contributed by atoms with Crippen LogP contribution >= 0.6 is 39.1 Å². The van der Waals surface area contributed by atoms with Gasteiger partial charge in [-0.1, -0.05) is 75.5 Å². The summed E-state index contributed by atoms with van der Waals surface area (Å²) >= 11 is 16.4. The minimum Gasteiger partial charge on any atom is -0.484 e. The van der Waals surface area contributed by atoms with Crippen LogP contribution in [0.2, 0.25) is 10.0 Å². The largest absolute Gasteiger partial charge is 0.484 e. The molecule has 0 unspecified atom stereocenters. The van der Waals surface area contributed by atoms with Crippen molar-refractivity contribution in [1.29, 1.82) is 0 Å². The Kier molecular flexibility index (Phi) is 10.2. The zero-order valence-electron chi connectivity index (χ0n) is 20.4. The van der Waals surface area contributed by atoms with Crippen molar-refractivity contribution in [3.63, 3.8) is 0 Å². The Hall–Kier alpha value is -2.54. The summed E-state index contributed by atoms with van der Waals surface area (Å²) < 4.78 is 6.78. The van der Waals surface area contributed by atoms with Crippen LogP contribution in [0.15, 0.2) is 71.2 Å². The molecule has 3 aromatic rings.